The van der Waals surface area contributed by atoms with Gasteiger partial charge in [0.15, 0.2) is 0 Å². The minimum atomic E-state index is -0.0417. The van der Waals surface area contributed by atoms with Crippen molar-refractivity contribution in [1.82, 2.24) is 24.4 Å². The molecule has 0 saturated carbocycles. The van der Waals surface area contributed by atoms with Gasteiger partial charge in [-0.15, -0.1) is 0 Å². The van der Waals surface area contributed by atoms with Gasteiger partial charge in [-0.25, -0.2) is 4.98 Å². The Morgan fingerprint density at radius 3 is 2.77 bits per heavy atom. The lowest BCUT2D eigenvalue weighted by Crippen LogP contribution is -2.49. The van der Waals surface area contributed by atoms with E-state index in [2.05, 4.69) is 22.5 Å². The molecule has 1 aliphatic heterocycles. The fraction of sp³-hybridized carbons (Fsp3) is 0.333. The molecular weight excluding hydrogens is 492 g/mol. The highest BCUT2D eigenvalue weighted by molar-refractivity contribution is 5.88. The summed E-state index contributed by atoms with van der Waals surface area (Å²) in [5.74, 6) is 1.34. The van der Waals surface area contributed by atoms with E-state index in [4.69, 9.17) is 14.7 Å². The maximum atomic E-state index is 12.1. The Balaban J connectivity index is 1.33. The molecule has 9 heteroatoms. The van der Waals surface area contributed by atoms with Gasteiger partial charge in [-0.3, -0.25) is 4.79 Å². The zero-order valence-corrected chi connectivity index (χ0v) is 22.1. The number of phenolic OH excluding ortho intramolecular Hbond substituents is 1. The Morgan fingerprint density at radius 1 is 1.18 bits per heavy atom. The summed E-state index contributed by atoms with van der Waals surface area (Å²) in [5.41, 5.74) is 4.07. The summed E-state index contributed by atoms with van der Waals surface area (Å²) in [5, 5.41) is 12.7. The first-order valence-corrected chi connectivity index (χ1v) is 13.4. The van der Waals surface area contributed by atoms with Crippen LogP contribution in [0.15, 0.2) is 61.6 Å². The first-order chi connectivity index (χ1) is 19.0. The van der Waals surface area contributed by atoms with Crippen LogP contribution in [0.25, 0.3) is 10.8 Å². The number of ether oxygens (including phenoxy) is 1. The molecule has 2 aromatic heterocycles. The van der Waals surface area contributed by atoms with Crippen molar-refractivity contribution in [2.75, 3.05) is 31.1 Å². The van der Waals surface area contributed by atoms with E-state index < -0.39 is 0 Å². The van der Waals surface area contributed by atoms with Gasteiger partial charge in [-0.05, 0) is 59.7 Å². The molecule has 39 heavy (non-hydrogen) atoms. The lowest BCUT2D eigenvalue weighted by Gasteiger charge is -2.37. The van der Waals surface area contributed by atoms with Gasteiger partial charge in [0.2, 0.25) is 5.91 Å². The summed E-state index contributed by atoms with van der Waals surface area (Å²) in [6, 6.07) is 12.2. The number of piperazine rings is 1. The molecular formula is C30H32N6O3. The van der Waals surface area contributed by atoms with Crippen LogP contribution >= 0.6 is 0 Å². The van der Waals surface area contributed by atoms with E-state index in [1.165, 1.54) is 6.08 Å². The van der Waals surface area contributed by atoms with Crippen LogP contribution in [0, 0.1) is 0 Å². The molecule has 200 valence electrons. The molecule has 1 fully saturated rings. The predicted molar refractivity (Wildman–Crippen MR) is 149 cm³/mol. The van der Waals surface area contributed by atoms with Crippen LogP contribution in [0.2, 0.25) is 0 Å². The third-order valence-corrected chi connectivity index (χ3v) is 7.72. The number of aryl methyl sites for hydroxylation is 1. The van der Waals surface area contributed by atoms with Crippen molar-refractivity contribution in [3.8, 4) is 11.8 Å². The average molecular weight is 525 g/mol. The maximum Gasteiger partial charge on any atom is 0.318 e. The topological polar surface area (TPSA) is 96.6 Å². The van der Waals surface area contributed by atoms with Gasteiger partial charge in [-0.1, -0.05) is 30.8 Å². The third-order valence-electron chi connectivity index (χ3n) is 7.72. The molecule has 1 atom stereocenters. The fourth-order valence-corrected chi connectivity index (χ4v) is 5.77. The van der Waals surface area contributed by atoms with Gasteiger partial charge < -0.3 is 24.2 Å². The molecule has 0 bridgehead atoms. The van der Waals surface area contributed by atoms with Crippen molar-refractivity contribution in [1.29, 1.82) is 0 Å². The summed E-state index contributed by atoms with van der Waals surface area (Å²) in [6.07, 6.45) is 7.51. The highest BCUT2D eigenvalue weighted by Crippen LogP contribution is 2.40. The fourth-order valence-electron chi connectivity index (χ4n) is 5.77. The molecule has 3 heterocycles. The third kappa shape index (κ3) is 5.04. The second-order valence-electron chi connectivity index (χ2n) is 10.3. The largest absolute Gasteiger partial charge is 0.508 e. The normalized spacial score (nSPS) is 17.2. The molecule has 9 nitrogen and oxygen atoms in total. The molecule has 4 aromatic rings. The second-order valence-corrected chi connectivity index (χ2v) is 10.3. The van der Waals surface area contributed by atoms with Crippen molar-refractivity contribution in [3.05, 3.63) is 84.1 Å². The zero-order chi connectivity index (χ0) is 26.9. The maximum absolute atomic E-state index is 12.1. The van der Waals surface area contributed by atoms with E-state index in [0.29, 0.717) is 32.2 Å². The number of imidazole rings is 1. The van der Waals surface area contributed by atoms with E-state index in [1.54, 1.807) is 6.33 Å². The monoisotopic (exact) mass is 524 g/mol. The van der Waals surface area contributed by atoms with Crippen LogP contribution in [0.1, 0.15) is 34.9 Å². The number of hydrogen-bond donors (Lipinski definition) is 1. The number of nitrogens with zero attached hydrogens (tertiary/aromatic N) is 6. The van der Waals surface area contributed by atoms with Crippen molar-refractivity contribution in [2.45, 2.75) is 31.8 Å². The number of hydrogen-bond acceptors (Lipinski definition) is 7. The van der Waals surface area contributed by atoms with E-state index in [1.807, 2.05) is 53.0 Å². The van der Waals surface area contributed by atoms with Gasteiger partial charge >= 0.3 is 6.01 Å². The molecule has 2 aliphatic rings. The molecule has 1 N–H and O–H groups in total. The molecule has 1 saturated heterocycles. The number of rotatable bonds is 6. The van der Waals surface area contributed by atoms with Crippen molar-refractivity contribution >= 4 is 22.5 Å². The van der Waals surface area contributed by atoms with Crippen LogP contribution in [-0.4, -0.2) is 61.6 Å². The first-order valence-electron chi connectivity index (χ1n) is 13.4. The molecule has 2 aromatic carbocycles. The van der Waals surface area contributed by atoms with E-state index in [-0.39, 0.29) is 24.2 Å². The number of aromatic nitrogens is 4. The number of aromatic hydroxyl groups is 1. The summed E-state index contributed by atoms with van der Waals surface area (Å²) in [7, 11) is 1.92. The van der Waals surface area contributed by atoms with Crippen LogP contribution in [0.3, 0.4) is 0 Å². The lowest BCUT2D eigenvalue weighted by atomic mass is 9.80. The van der Waals surface area contributed by atoms with Crippen molar-refractivity contribution in [3.63, 3.8) is 0 Å². The number of anilines is 1. The minimum Gasteiger partial charge on any atom is -0.508 e. The Morgan fingerprint density at radius 2 is 2.00 bits per heavy atom. The minimum absolute atomic E-state index is 0.0417. The van der Waals surface area contributed by atoms with Gasteiger partial charge in [0.25, 0.3) is 0 Å². The van der Waals surface area contributed by atoms with Crippen molar-refractivity contribution in [2.24, 2.45) is 7.05 Å². The summed E-state index contributed by atoms with van der Waals surface area (Å²) < 4.78 is 7.95. The standard InChI is InChI=1S/C30H32N6O3/c1-3-28(38)35-10-12-36(13-11-35)29-25-9-8-21(26-16-23(37)14-20-6-4-5-7-24(20)26)15-27(25)32-30(33-29)39-18-22-17-34(2)19-31-22/h3-7,14,16-17,19,21,37H,1,8-13,15,18H2,2H3. The number of carbonyl (C=O) groups is 1. The summed E-state index contributed by atoms with van der Waals surface area (Å²) in [4.78, 5) is 30.3. The van der Waals surface area contributed by atoms with Crippen LogP contribution in [0.5, 0.6) is 11.8 Å². The SMILES string of the molecule is C=CC(=O)N1CCN(c2nc(OCc3cn(C)cn3)nc3c2CCC(c2cc(O)cc4ccccc24)C3)CC1. The Bertz CT molecular complexity index is 1540. The number of benzene rings is 2. The molecule has 0 radical (unpaired) electrons. The van der Waals surface area contributed by atoms with Gasteiger partial charge in [-0.2, -0.15) is 9.97 Å². The highest BCUT2D eigenvalue weighted by Gasteiger charge is 2.30. The second kappa shape index (κ2) is 10.4. The highest BCUT2D eigenvalue weighted by atomic mass is 16.5. The van der Waals surface area contributed by atoms with E-state index in [9.17, 15) is 9.90 Å². The predicted octanol–water partition coefficient (Wildman–Crippen LogP) is 3.76. The summed E-state index contributed by atoms with van der Waals surface area (Å²) >= 11 is 0. The Kier molecular flexibility index (Phi) is 6.64. The smallest absolute Gasteiger partial charge is 0.318 e. The average Bonchev–Trinajstić information content (AvgIpc) is 3.39. The lowest BCUT2D eigenvalue weighted by molar-refractivity contribution is -0.126. The van der Waals surface area contributed by atoms with Gasteiger partial charge in [0.1, 0.15) is 18.2 Å². The number of fused-ring (bicyclic) bond motifs is 2. The van der Waals surface area contributed by atoms with Crippen LogP contribution in [-0.2, 0) is 31.3 Å². The van der Waals surface area contributed by atoms with Gasteiger partial charge in [0.05, 0.1) is 17.7 Å². The number of amides is 1. The van der Waals surface area contributed by atoms with E-state index in [0.717, 1.165) is 58.4 Å². The molecule has 1 unspecified atom stereocenters. The van der Waals surface area contributed by atoms with E-state index >= 15 is 0 Å². The Hall–Kier alpha value is -4.40. The van der Waals surface area contributed by atoms with Crippen LogP contribution in [0.4, 0.5) is 5.82 Å². The quantitative estimate of drug-likeness (QED) is 0.384. The number of carbonyl (C=O) groups excluding carboxylic acids is 1. The molecule has 1 aliphatic carbocycles. The van der Waals surface area contributed by atoms with Crippen molar-refractivity contribution < 1.29 is 14.6 Å². The Labute approximate surface area is 227 Å². The van der Waals surface area contributed by atoms with Crippen LogP contribution < -0.4 is 9.64 Å². The van der Waals surface area contributed by atoms with Gasteiger partial charge in [0, 0.05) is 45.0 Å². The summed E-state index contributed by atoms with van der Waals surface area (Å²) in [6.45, 7) is 6.50. The molecule has 0 spiro atoms. The zero-order valence-electron chi connectivity index (χ0n) is 22.1. The molecule has 6 rings (SSSR count). The first kappa shape index (κ1) is 24.9. The number of phenols is 1. The molecule has 1 amide bonds.